The molecule has 4 rings (SSSR count). The second-order valence-corrected chi connectivity index (χ2v) is 8.71. The molecule has 30 heavy (non-hydrogen) atoms. The highest BCUT2D eigenvalue weighted by Crippen LogP contribution is 2.43. The zero-order chi connectivity index (χ0) is 21.6. The zero-order valence-corrected chi connectivity index (χ0v) is 18.8. The molecule has 0 saturated heterocycles. The minimum atomic E-state index is -4.76. The van der Waals surface area contributed by atoms with Crippen molar-refractivity contribution < 1.29 is 17.9 Å². The monoisotopic (exact) mass is 536 g/mol. The lowest BCUT2D eigenvalue weighted by atomic mass is 10.1. The van der Waals surface area contributed by atoms with E-state index in [9.17, 15) is 13.2 Å². The predicted molar refractivity (Wildman–Crippen MR) is 113 cm³/mol. The first kappa shape index (κ1) is 21.4. The number of hydrogen-bond acceptors (Lipinski definition) is 5. The van der Waals surface area contributed by atoms with Gasteiger partial charge in [-0.2, -0.15) is 23.3 Å². The first-order valence-corrected chi connectivity index (χ1v) is 10.7. The molecule has 0 aliphatic heterocycles. The maximum atomic E-state index is 14.1. The third kappa shape index (κ3) is 4.14. The van der Waals surface area contributed by atoms with E-state index in [4.69, 9.17) is 27.9 Å². The molecule has 0 fully saturated rings. The normalized spacial score (nSPS) is 13.0. The third-order valence-corrected chi connectivity index (χ3v) is 6.35. The summed E-state index contributed by atoms with van der Waals surface area (Å²) in [7, 11) is 0. The number of halogens is 6. The Hall–Kier alpha value is -1.88. The highest BCUT2D eigenvalue weighted by atomic mass is 79.9. The van der Waals surface area contributed by atoms with Gasteiger partial charge in [-0.3, -0.25) is 0 Å². The number of ether oxygens (including phenoxy) is 1. The van der Waals surface area contributed by atoms with E-state index in [1.54, 1.807) is 24.6 Å². The lowest BCUT2D eigenvalue weighted by Crippen LogP contribution is -2.28. The van der Waals surface area contributed by atoms with Gasteiger partial charge in [0, 0.05) is 22.2 Å². The Kier molecular flexibility index (Phi) is 5.69. The van der Waals surface area contributed by atoms with E-state index in [2.05, 4.69) is 31.0 Å². The molecule has 0 spiro atoms. The summed E-state index contributed by atoms with van der Waals surface area (Å²) >= 11 is 16.4. The number of benzene rings is 1. The second kappa shape index (κ2) is 7.99. The van der Waals surface area contributed by atoms with E-state index in [1.165, 1.54) is 22.9 Å². The Morgan fingerprint density at radius 2 is 1.97 bits per heavy atom. The molecule has 0 amide bonds. The third-order valence-electron chi connectivity index (χ3n) is 4.08. The molecule has 3 aromatic heterocycles. The molecule has 0 unspecified atom stereocenters. The van der Waals surface area contributed by atoms with Crippen LogP contribution in [0.2, 0.25) is 10.3 Å². The van der Waals surface area contributed by atoms with Crippen LogP contribution in [-0.2, 0) is 0 Å². The minimum absolute atomic E-state index is 0.140. The fourth-order valence-corrected chi connectivity index (χ4v) is 4.64. The molecule has 156 valence electrons. The number of alkyl halides is 3. The summed E-state index contributed by atoms with van der Waals surface area (Å²) in [6.45, 7) is 1.73. The van der Waals surface area contributed by atoms with Crippen molar-refractivity contribution in [2.45, 2.75) is 19.2 Å². The van der Waals surface area contributed by atoms with E-state index in [1.807, 2.05) is 0 Å². The standard InChI is InChI=1S/C18H10BrCl2F3N4OS/c1-8-4-5-28(27-8)12-6-9(20)2-3-10(12)15(18(22,23)24)29-16-14-13(11(19)7-30-14)25-17(21)26-16/h2-7,15H,1H3/t15-/m1/s1. The van der Waals surface area contributed by atoms with Gasteiger partial charge in [0.25, 0.3) is 0 Å². The molecule has 12 heteroatoms. The Bertz CT molecular complexity index is 1240. The van der Waals surface area contributed by atoms with Crippen molar-refractivity contribution in [1.29, 1.82) is 0 Å². The van der Waals surface area contributed by atoms with Gasteiger partial charge in [0.15, 0.2) is 0 Å². The molecular weight excluding hydrogens is 528 g/mol. The summed E-state index contributed by atoms with van der Waals surface area (Å²) < 4.78 is 50.1. The molecule has 5 nitrogen and oxygen atoms in total. The summed E-state index contributed by atoms with van der Waals surface area (Å²) in [5.74, 6) is -0.263. The quantitative estimate of drug-likeness (QED) is 0.265. The molecule has 0 radical (unpaired) electrons. The Morgan fingerprint density at radius 3 is 2.63 bits per heavy atom. The maximum Gasteiger partial charge on any atom is 0.429 e. The molecule has 0 bridgehead atoms. The molecule has 0 N–H and O–H groups in total. The molecule has 4 aromatic rings. The van der Waals surface area contributed by atoms with Gasteiger partial charge in [0.1, 0.15) is 10.2 Å². The minimum Gasteiger partial charge on any atom is -0.458 e. The Balaban J connectivity index is 1.87. The van der Waals surface area contributed by atoms with Gasteiger partial charge in [-0.15, -0.1) is 11.3 Å². The van der Waals surface area contributed by atoms with E-state index in [0.717, 1.165) is 11.3 Å². The summed E-state index contributed by atoms with van der Waals surface area (Å²) in [6.07, 6.45) is -5.55. The second-order valence-electron chi connectivity index (χ2n) is 6.20. The van der Waals surface area contributed by atoms with Crippen LogP contribution in [0, 0.1) is 6.92 Å². The lowest BCUT2D eigenvalue weighted by molar-refractivity contribution is -0.198. The van der Waals surface area contributed by atoms with Crippen LogP contribution in [0.25, 0.3) is 15.9 Å². The first-order chi connectivity index (χ1) is 14.1. The highest BCUT2D eigenvalue weighted by Gasteiger charge is 2.45. The van der Waals surface area contributed by atoms with Gasteiger partial charge in [-0.25, -0.2) is 9.67 Å². The molecule has 3 heterocycles. The number of hydrogen-bond donors (Lipinski definition) is 0. The van der Waals surface area contributed by atoms with E-state index >= 15 is 0 Å². The van der Waals surface area contributed by atoms with E-state index < -0.39 is 12.3 Å². The topological polar surface area (TPSA) is 52.8 Å². The largest absolute Gasteiger partial charge is 0.458 e. The number of thiophene rings is 1. The number of fused-ring (bicyclic) bond motifs is 1. The van der Waals surface area contributed by atoms with Gasteiger partial charge in [-0.05, 0) is 52.7 Å². The van der Waals surface area contributed by atoms with Crippen LogP contribution < -0.4 is 4.74 Å². The van der Waals surface area contributed by atoms with Crippen molar-refractivity contribution in [3.8, 4) is 11.6 Å². The van der Waals surface area contributed by atoms with Crippen molar-refractivity contribution >= 4 is 60.7 Å². The molecule has 0 aliphatic rings. The van der Waals surface area contributed by atoms with Gasteiger partial charge in [-0.1, -0.05) is 17.7 Å². The van der Waals surface area contributed by atoms with Crippen molar-refractivity contribution in [1.82, 2.24) is 19.7 Å². The number of rotatable bonds is 4. The summed E-state index contributed by atoms with van der Waals surface area (Å²) in [4.78, 5) is 7.93. The number of nitrogens with zero attached hydrogens (tertiary/aromatic N) is 4. The maximum absolute atomic E-state index is 14.1. The zero-order valence-electron chi connectivity index (χ0n) is 14.9. The van der Waals surface area contributed by atoms with Crippen LogP contribution in [-0.4, -0.2) is 25.9 Å². The number of aryl methyl sites for hydroxylation is 1. The predicted octanol–water partition coefficient (Wildman–Crippen LogP) is 6.94. The Labute approximate surface area is 190 Å². The average Bonchev–Trinajstić information content (AvgIpc) is 3.25. The van der Waals surface area contributed by atoms with Crippen LogP contribution in [0.15, 0.2) is 40.3 Å². The molecular formula is C18H10BrCl2F3N4OS. The molecule has 0 saturated carbocycles. The molecule has 1 aromatic carbocycles. The first-order valence-electron chi connectivity index (χ1n) is 8.29. The summed E-state index contributed by atoms with van der Waals surface area (Å²) in [6, 6.07) is 5.70. The SMILES string of the molecule is Cc1ccn(-c2cc(Cl)ccc2[C@@H](Oc2nc(Cl)nc3c(Br)csc23)C(F)(F)F)n1. The smallest absolute Gasteiger partial charge is 0.429 e. The fourth-order valence-electron chi connectivity index (χ4n) is 2.82. The van der Waals surface area contributed by atoms with Crippen LogP contribution in [0.4, 0.5) is 13.2 Å². The van der Waals surface area contributed by atoms with Crippen molar-refractivity contribution in [3.05, 3.63) is 61.9 Å². The molecule has 1 atom stereocenters. The number of aromatic nitrogens is 4. The van der Waals surface area contributed by atoms with Crippen LogP contribution in [0.5, 0.6) is 5.88 Å². The fraction of sp³-hybridized carbons (Fsp3) is 0.167. The van der Waals surface area contributed by atoms with Gasteiger partial charge in [0.2, 0.25) is 17.3 Å². The summed E-state index contributed by atoms with van der Waals surface area (Å²) in [5.41, 5.74) is 0.975. The Morgan fingerprint density at radius 1 is 1.20 bits per heavy atom. The lowest BCUT2D eigenvalue weighted by Gasteiger charge is -2.24. The van der Waals surface area contributed by atoms with Gasteiger partial charge in [0.05, 0.1) is 15.9 Å². The van der Waals surface area contributed by atoms with Gasteiger partial charge >= 0.3 is 6.18 Å². The van der Waals surface area contributed by atoms with Crippen molar-refractivity contribution in [2.75, 3.05) is 0 Å². The van der Waals surface area contributed by atoms with Crippen molar-refractivity contribution in [3.63, 3.8) is 0 Å². The summed E-state index contributed by atoms with van der Waals surface area (Å²) in [5, 5.41) is 5.91. The van der Waals surface area contributed by atoms with Crippen molar-refractivity contribution in [2.24, 2.45) is 0 Å². The van der Waals surface area contributed by atoms with Crippen LogP contribution in [0.1, 0.15) is 17.4 Å². The highest BCUT2D eigenvalue weighted by molar-refractivity contribution is 9.10. The van der Waals surface area contributed by atoms with E-state index in [0.29, 0.717) is 20.4 Å². The van der Waals surface area contributed by atoms with Gasteiger partial charge < -0.3 is 4.74 Å². The molecule has 0 aliphatic carbocycles. The van der Waals surface area contributed by atoms with Crippen LogP contribution in [0.3, 0.4) is 0 Å². The average molecular weight is 538 g/mol. The van der Waals surface area contributed by atoms with Crippen LogP contribution >= 0.6 is 50.5 Å². The van der Waals surface area contributed by atoms with E-state index in [-0.39, 0.29) is 27.4 Å².